The lowest BCUT2D eigenvalue weighted by Crippen LogP contribution is -2.09. The van der Waals surface area contributed by atoms with Crippen molar-refractivity contribution in [3.05, 3.63) is 46.8 Å². The molecule has 3 rings (SSSR count). The zero-order chi connectivity index (χ0) is 20.4. The molecule has 2 heterocycles. The zero-order valence-corrected chi connectivity index (χ0v) is 16.0. The van der Waals surface area contributed by atoms with Crippen LogP contribution in [0.5, 0.6) is 11.6 Å². The molecular weight excluding hydrogens is 358 g/mol. The predicted octanol–water partition coefficient (Wildman–Crippen LogP) is 3.89. The Morgan fingerprint density at radius 1 is 1.32 bits per heavy atom. The quantitative estimate of drug-likeness (QED) is 0.719. The van der Waals surface area contributed by atoms with Crippen molar-refractivity contribution in [1.82, 2.24) is 9.97 Å². The average Bonchev–Trinajstić information content (AvgIpc) is 2.68. The van der Waals surface area contributed by atoms with Gasteiger partial charge in [-0.15, -0.1) is 0 Å². The normalized spacial score (nSPS) is 10.5. The van der Waals surface area contributed by atoms with Crippen LogP contribution in [0.4, 0.5) is 0 Å². The van der Waals surface area contributed by atoms with Gasteiger partial charge in [0, 0.05) is 17.3 Å². The van der Waals surface area contributed by atoms with E-state index in [1.165, 1.54) is 7.11 Å². The summed E-state index contributed by atoms with van der Waals surface area (Å²) in [7, 11) is 1.48. The third-order valence-corrected chi connectivity index (χ3v) is 4.44. The first kappa shape index (κ1) is 19.1. The number of pyridine rings is 2. The molecule has 0 aliphatic heterocycles. The number of aromatic nitrogens is 2. The molecule has 0 fully saturated rings. The number of hydrogen-bond donors (Lipinski definition) is 1. The maximum Gasteiger partial charge on any atom is 0.338 e. The molecule has 0 atom stereocenters. The van der Waals surface area contributed by atoms with Gasteiger partial charge in [0.2, 0.25) is 5.88 Å². The minimum atomic E-state index is -1.11. The predicted molar refractivity (Wildman–Crippen MR) is 104 cm³/mol. The highest BCUT2D eigenvalue weighted by Crippen LogP contribution is 2.42. The molecule has 2 aromatic heterocycles. The van der Waals surface area contributed by atoms with Crippen LogP contribution in [0.3, 0.4) is 0 Å². The molecule has 0 saturated heterocycles. The molecule has 1 aromatic carbocycles. The highest BCUT2D eigenvalue weighted by Gasteiger charge is 2.26. The Morgan fingerprint density at radius 2 is 2.07 bits per heavy atom. The summed E-state index contributed by atoms with van der Waals surface area (Å²) in [4.78, 5) is 21.0. The Bertz CT molecular complexity index is 1130. The lowest BCUT2D eigenvalue weighted by molar-refractivity contribution is 0.0696. The van der Waals surface area contributed by atoms with Crippen LogP contribution in [0.25, 0.3) is 22.0 Å². The highest BCUT2D eigenvalue weighted by atomic mass is 16.5. The van der Waals surface area contributed by atoms with E-state index in [9.17, 15) is 15.2 Å². The number of nitrogens with zero attached hydrogens (tertiary/aromatic N) is 3. The molecule has 0 bridgehead atoms. The van der Waals surface area contributed by atoms with Crippen molar-refractivity contribution < 1.29 is 19.4 Å². The van der Waals surface area contributed by atoms with Crippen LogP contribution >= 0.6 is 0 Å². The molecule has 3 aromatic rings. The van der Waals surface area contributed by atoms with Gasteiger partial charge in [0.15, 0.2) is 0 Å². The number of rotatable bonds is 5. The number of hydrogen-bond acceptors (Lipinski definition) is 6. The summed E-state index contributed by atoms with van der Waals surface area (Å²) in [6.45, 7) is 5.71. The average molecular weight is 377 g/mol. The number of ether oxygens (including phenoxy) is 2. The summed E-state index contributed by atoms with van der Waals surface area (Å²) in [5.74, 6) is -0.422. The fourth-order valence-electron chi connectivity index (χ4n) is 3.22. The molecule has 0 unspecified atom stereocenters. The van der Waals surface area contributed by atoms with Crippen LogP contribution < -0.4 is 9.47 Å². The first-order chi connectivity index (χ1) is 13.4. The fraction of sp³-hybridized carbons (Fsp3) is 0.238. The van der Waals surface area contributed by atoms with E-state index >= 15 is 0 Å². The van der Waals surface area contributed by atoms with Crippen molar-refractivity contribution >= 4 is 16.9 Å². The second kappa shape index (κ2) is 7.53. The van der Waals surface area contributed by atoms with Gasteiger partial charge in [0.25, 0.3) is 0 Å². The van der Waals surface area contributed by atoms with Gasteiger partial charge in [0.05, 0.1) is 47.5 Å². The number of nitriles is 1. The van der Waals surface area contributed by atoms with Gasteiger partial charge in [-0.25, -0.2) is 9.78 Å². The Kier molecular flexibility index (Phi) is 5.14. The summed E-state index contributed by atoms with van der Waals surface area (Å²) in [6.07, 6.45) is 1.65. The zero-order valence-electron chi connectivity index (χ0n) is 16.0. The number of benzene rings is 1. The van der Waals surface area contributed by atoms with E-state index in [0.29, 0.717) is 51.5 Å². The first-order valence-corrected chi connectivity index (χ1v) is 8.67. The number of carbonyl (C=O) groups is 1. The topological polar surface area (TPSA) is 105 Å². The maximum atomic E-state index is 12.1. The maximum absolute atomic E-state index is 12.1. The minimum Gasteiger partial charge on any atom is -0.496 e. The molecule has 1 N–H and O–H groups in total. The number of methoxy groups -OCH3 is 1. The fourth-order valence-corrected chi connectivity index (χ4v) is 3.22. The molecule has 0 aliphatic carbocycles. The van der Waals surface area contributed by atoms with Crippen LogP contribution in [-0.2, 0) is 0 Å². The first-order valence-electron chi connectivity index (χ1n) is 8.67. The monoisotopic (exact) mass is 377 g/mol. The molecule has 0 radical (unpaired) electrons. The van der Waals surface area contributed by atoms with Crippen LogP contribution in [-0.4, -0.2) is 34.8 Å². The van der Waals surface area contributed by atoms with E-state index in [-0.39, 0.29) is 5.56 Å². The van der Waals surface area contributed by atoms with Crippen LogP contribution in [0.1, 0.15) is 34.1 Å². The Hall–Kier alpha value is -3.66. The molecular formula is C21H19N3O4. The van der Waals surface area contributed by atoms with Crippen LogP contribution in [0.15, 0.2) is 24.4 Å². The number of aryl methyl sites for hydroxylation is 2. The standard InChI is InChI=1S/C21H19N3O4/c1-5-28-20-18-17(14-7-6-13(9-22)8-15(14)27-4)16(21(25)26)12(3)24-19(18)11(2)10-23-20/h6-8,10H,5H2,1-4H3,(H,25,26). The summed E-state index contributed by atoms with van der Waals surface area (Å²) < 4.78 is 11.2. The summed E-state index contributed by atoms with van der Waals surface area (Å²) in [5.41, 5.74) is 3.18. The van der Waals surface area contributed by atoms with E-state index in [4.69, 9.17) is 9.47 Å². The Labute approximate surface area is 162 Å². The van der Waals surface area contributed by atoms with Gasteiger partial charge in [-0.05, 0) is 44.5 Å². The Morgan fingerprint density at radius 3 is 2.68 bits per heavy atom. The number of aromatic carboxylic acids is 1. The van der Waals surface area contributed by atoms with Crippen molar-refractivity contribution in [3.8, 4) is 28.8 Å². The van der Waals surface area contributed by atoms with Crippen molar-refractivity contribution in [1.29, 1.82) is 5.26 Å². The van der Waals surface area contributed by atoms with Gasteiger partial charge in [-0.2, -0.15) is 5.26 Å². The second-order valence-corrected chi connectivity index (χ2v) is 6.18. The minimum absolute atomic E-state index is 0.0452. The largest absolute Gasteiger partial charge is 0.496 e. The number of fused-ring (bicyclic) bond motifs is 1. The van der Waals surface area contributed by atoms with E-state index in [1.54, 1.807) is 31.3 Å². The molecule has 0 spiro atoms. The molecule has 7 nitrogen and oxygen atoms in total. The summed E-state index contributed by atoms with van der Waals surface area (Å²) in [6, 6.07) is 6.93. The smallest absolute Gasteiger partial charge is 0.338 e. The lowest BCUT2D eigenvalue weighted by Gasteiger charge is -2.18. The number of carboxylic acids is 1. The molecule has 0 amide bonds. The van der Waals surface area contributed by atoms with Crippen molar-refractivity contribution in [3.63, 3.8) is 0 Å². The van der Waals surface area contributed by atoms with Gasteiger partial charge < -0.3 is 14.6 Å². The van der Waals surface area contributed by atoms with Gasteiger partial charge >= 0.3 is 5.97 Å². The van der Waals surface area contributed by atoms with Gasteiger partial charge in [-0.1, -0.05) is 0 Å². The molecule has 0 aliphatic rings. The van der Waals surface area contributed by atoms with E-state index < -0.39 is 5.97 Å². The van der Waals surface area contributed by atoms with E-state index in [1.807, 2.05) is 13.8 Å². The molecule has 7 heteroatoms. The highest BCUT2D eigenvalue weighted by molar-refractivity contribution is 6.10. The molecule has 28 heavy (non-hydrogen) atoms. The van der Waals surface area contributed by atoms with Crippen molar-refractivity contribution in [2.75, 3.05) is 13.7 Å². The van der Waals surface area contributed by atoms with Gasteiger partial charge in [-0.3, -0.25) is 4.98 Å². The molecule has 0 saturated carbocycles. The Balaban J connectivity index is 2.57. The number of carboxylic acid groups (broad SMARTS) is 1. The van der Waals surface area contributed by atoms with Crippen molar-refractivity contribution in [2.24, 2.45) is 0 Å². The third-order valence-electron chi connectivity index (χ3n) is 4.44. The SMILES string of the molecule is CCOc1ncc(C)c2nc(C)c(C(=O)O)c(-c3ccc(C#N)cc3OC)c12. The van der Waals surface area contributed by atoms with Crippen LogP contribution in [0, 0.1) is 25.2 Å². The van der Waals surface area contributed by atoms with Crippen LogP contribution in [0.2, 0.25) is 0 Å². The van der Waals surface area contributed by atoms with Gasteiger partial charge in [0.1, 0.15) is 5.75 Å². The second-order valence-electron chi connectivity index (χ2n) is 6.18. The van der Waals surface area contributed by atoms with E-state index in [0.717, 1.165) is 5.56 Å². The summed E-state index contributed by atoms with van der Waals surface area (Å²) in [5, 5.41) is 19.6. The lowest BCUT2D eigenvalue weighted by atomic mass is 9.92. The molecule has 142 valence electrons. The third kappa shape index (κ3) is 3.09. The van der Waals surface area contributed by atoms with E-state index in [2.05, 4.69) is 16.0 Å². The van der Waals surface area contributed by atoms with Crippen molar-refractivity contribution in [2.45, 2.75) is 20.8 Å². The summed E-state index contributed by atoms with van der Waals surface area (Å²) >= 11 is 0.